The molecule has 0 spiro atoms. The minimum absolute atomic E-state index is 0.0184. The van der Waals surface area contributed by atoms with Crippen LogP contribution in [0.4, 0.5) is 19.1 Å². The molecule has 1 amide bonds. The summed E-state index contributed by atoms with van der Waals surface area (Å²) in [5, 5.41) is 15.7. The zero-order chi connectivity index (χ0) is 24.2. The van der Waals surface area contributed by atoms with Gasteiger partial charge in [-0.05, 0) is 43.0 Å². The van der Waals surface area contributed by atoms with Gasteiger partial charge in [-0.25, -0.2) is 4.98 Å². The molecule has 1 atom stereocenters. The first-order valence-corrected chi connectivity index (χ1v) is 10.5. The van der Waals surface area contributed by atoms with Gasteiger partial charge in [-0.1, -0.05) is 6.92 Å². The van der Waals surface area contributed by atoms with Crippen molar-refractivity contribution < 1.29 is 22.7 Å². The van der Waals surface area contributed by atoms with Crippen LogP contribution in [-0.4, -0.2) is 37.8 Å². The van der Waals surface area contributed by atoms with E-state index in [1.165, 1.54) is 46.9 Å². The summed E-state index contributed by atoms with van der Waals surface area (Å²) in [6.45, 7) is 3.44. The summed E-state index contributed by atoms with van der Waals surface area (Å²) < 4.78 is 43.4. The quantitative estimate of drug-likeness (QED) is 0.493. The molecule has 2 heterocycles. The van der Waals surface area contributed by atoms with Gasteiger partial charge in [0.15, 0.2) is 11.6 Å². The number of nitrogens with zero attached hydrogens (tertiary/aromatic N) is 5. The maximum absolute atomic E-state index is 12.8. The third-order valence-electron chi connectivity index (χ3n) is 4.16. The third kappa shape index (κ3) is 6.13. The molecule has 1 aromatic carbocycles. The fourth-order valence-corrected chi connectivity index (χ4v) is 3.60. The molecule has 0 unspecified atom stereocenters. The minimum atomic E-state index is -4.89. The molecule has 172 valence electrons. The Labute approximate surface area is 190 Å². The van der Waals surface area contributed by atoms with Crippen molar-refractivity contribution in [2.45, 2.75) is 31.1 Å². The van der Waals surface area contributed by atoms with Gasteiger partial charge in [-0.15, -0.1) is 30.0 Å². The Hall–Kier alpha value is -3.79. The Bertz CT molecular complexity index is 1190. The van der Waals surface area contributed by atoms with Gasteiger partial charge in [0.1, 0.15) is 11.8 Å². The largest absolute Gasteiger partial charge is 0.573 e. The van der Waals surface area contributed by atoms with Crippen LogP contribution in [0.25, 0.3) is 5.82 Å². The number of alkyl halides is 3. The van der Waals surface area contributed by atoms with E-state index >= 15 is 0 Å². The molecule has 0 saturated carbocycles. The van der Waals surface area contributed by atoms with Crippen molar-refractivity contribution in [3.05, 3.63) is 53.5 Å². The van der Waals surface area contributed by atoms with Crippen LogP contribution in [0.1, 0.15) is 41.6 Å². The Morgan fingerprint density at radius 1 is 1.36 bits per heavy atom. The summed E-state index contributed by atoms with van der Waals surface area (Å²) >= 11 is 1.27. The predicted molar refractivity (Wildman–Crippen MR) is 114 cm³/mol. The third-order valence-corrected chi connectivity index (χ3v) is 5.02. The lowest BCUT2D eigenvalue weighted by Crippen LogP contribution is -2.29. The van der Waals surface area contributed by atoms with Crippen molar-refractivity contribution in [3.63, 3.8) is 0 Å². The number of anilines is 1. The molecule has 33 heavy (non-hydrogen) atoms. The van der Waals surface area contributed by atoms with Gasteiger partial charge in [-0.2, -0.15) is 14.9 Å². The van der Waals surface area contributed by atoms with Crippen LogP contribution >= 0.6 is 11.8 Å². The number of ether oxygens (including phenoxy) is 1. The number of carbonyl (C=O) groups is 1. The standard InChI is InChI=1S/C20H18F3N7O2S/c1-3-33-15-7-13(6-14(8-15)32-20(21,22)23)18(31)27-11(2)17-28-19(25)29-30(17)16-5-4-12(9-24)10-26-16/h4-8,10-11H,3H2,1-2H3,(H2,25,29)(H,27,31)/t11-/m0/s1. The molecule has 3 aromatic rings. The number of aromatic nitrogens is 4. The number of pyridine rings is 1. The average molecular weight is 477 g/mol. The molecular weight excluding hydrogens is 459 g/mol. The number of carbonyl (C=O) groups excluding carboxylic acids is 1. The Balaban J connectivity index is 1.87. The van der Waals surface area contributed by atoms with Crippen molar-refractivity contribution in [2.24, 2.45) is 0 Å². The molecule has 0 bridgehead atoms. The molecule has 3 rings (SSSR count). The number of thioether (sulfide) groups is 1. The summed E-state index contributed by atoms with van der Waals surface area (Å²) in [5.41, 5.74) is 6.05. The average Bonchev–Trinajstić information content (AvgIpc) is 3.14. The number of nitrogens with two attached hydrogens (primary N) is 1. The van der Waals surface area contributed by atoms with Gasteiger partial charge in [0.05, 0.1) is 11.6 Å². The highest BCUT2D eigenvalue weighted by Crippen LogP contribution is 2.29. The number of rotatable bonds is 7. The zero-order valence-electron chi connectivity index (χ0n) is 17.4. The number of amides is 1. The molecule has 0 aliphatic heterocycles. The van der Waals surface area contributed by atoms with E-state index in [0.29, 0.717) is 22.0 Å². The summed E-state index contributed by atoms with van der Waals surface area (Å²) in [6, 6.07) is 7.99. The fraction of sp³-hybridized carbons (Fsp3) is 0.250. The molecule has 3 N–H and O–H groups in total. The highest BCUT2D eigenvalue weighted by Gasteiger charge is 2.31. The van der Waals surface area contributed by atoms with Crippen LogP contribution in [0, 0.1) is 11.3 Å². The van der Waals surface area contributed by atoms with E-state index < -0.39 is 24.1 Å². The van der Waals surface area contributed by atoms with Crippen LogP contribution in [0.15, 0.2) is 41.4 Å². The van der Waals surface area contributed by atoms with Crippen molar-refractivity contribution in [1.82, 2.24) is 25.1 Å². The van der Waals surface area contributed by atoms with Crippen LogP contribution in [0.2, 0.25) is 0 Å². The number of halogens is 3. The van der Waals surface area contributed by atoms with E-state index in [4.69, 9.17) is 11.0 Å². The summed E-state index contributed by atoms with van der Waals surface area (Å²) in [7, 11) is 0. The van der Waals surface area contributed by atoms with Crippen molar-refractivity contribution >= 4 is 23.6 Å². The Morgan fingerprint density at radius 3 is 2.73 bits per heavy atom. The van der Waals surface area contributed by atoms with E-state index in [1.54, 1.807) is 6.92 Å². The van der Waals surface area contributed by atoms with Gasteiger partial charge in [0.25, 0.3) is 5.91 Å². The second kappa shape index (κ2) is 9.78. The lowest BCUT2D eigenvalue weighted by molar-refractivity contribution is -0.274. The van der Waals surface area contributed by atoms with Crippen LogP contribution < -0.4 is 15.8 Å². The van der Waals surface area contributed by atoms with Crippen molar-refractivity contribution in [3.8, 4) is 17.6 Å². The molecule has 0 fully saturated rings. The SMILES string of the molecule is CCSc1cc(OC(F)(F)F)cc(C(=O)N[C@@H](C)c2nc(N)nn2-c2ccc(C#N)cn2)c1. The first kappa shape index (κ1) is 23.9. The summed E-state index contributed by atoms with van der Waals surface area (Å²) in [6.07, 6.45) is -3.54. The highest BCUT2D eigenvalue weighted by molar-refractivity contribution is 7.99. The molecule has 9 nitrogen and oxygen atoms in total. The summed E-state index contributed by atoms with van der Waals surface area (Å²) in [5.74, 6) is -0.0609. The number of hydrogen-bond donors (Lipinski definition) is 2. The van der Waals surface area contributed by atoms with Crippen LogP contribution in [-0.2, 0) is 0 Å². The maximum Gasteiger partial charge on any atom is 0.573 e. The smallest absolute Gasteiger partial charge is 0.406 e. The minimum Gasteiger partial charge on any atom is -0.406 e. The van der Waals surface area contributed by atoms with Crippen LogP contribution in [0.5, 0.6) is 5.75 Å². The molecule has 13 heteroatoms. The van der Waals surface area contributed by atoms with Gasteiger partial charge < -0.3 is 15.8 Å². The van der Waals surface area contributed by atoms with E-state index in [1.807, 2.05) is 13.0 Å². The second-order valence-corrected chi connectivity index (χ2v) is 7.96. The molecule has 2 aromatic heterocycles. The molecule has 0 saturated heterocycles. The Morgan fingerprint density at radius 2 is 2.12 bits per heavy atom. The summed E-state index contributed by atoms with van der Waals surface area (Å²) in [4.78, 5) is 21.6. The number of nitriles is 1. The van der Waals surface area contributed by atoms with Crippen molar-refractivity contribution in [1.29, 1.82) is 5.26 Å². The van der Waals surface area contributed by atoms with Crippen molar-refractivity contribution in [2.75, 3.05) is 11.5 Å². The maximum atomic E-state index is 12.8. The monoisotopic (exact) mass is 477 g/mol. The van der Waals surface area contributed by atoms with Gasteiger partial charge in [0.2, 0.25) is 5.95 Å². The predicted octanol–water partition coefficient (Wildman–Crippen LogP) is 3.62. The molecule has 0 radical (unpaired) electrons. The zero-order valence-corrected chi connectivity index (χ0v) is 18.2. The Kier molecular flexibility index (Phi) is 7.07. The van der Waals surface area contributed by atoms with E-state index in [2.05, 4.69) is 25.1 Å². The molecular formula is C20H18F3N7O2S. The first-order valence-electron chi connectivity index (χ1n) is 9.53. The van der Waals surface area contributed by atoms with Gasteiger partial charge in [0, 0.05) is 16.7 Å². The number of hydrogen-bond acceptors (Lipinski definition) is 8. The molecule has 0 aliphatic carbocycles. The topological polar surface area (TPSA) is 132 Å². The number of nitrogen functional groups attached to an aromatic ring is 1. The lowest BCUT2D eigenvalue weighted by Gasteiger charge is -2.16. The number of nitrogens with one attached hydrogen (secondary N) is 1. The van der Waals surface area contributed by atoms with Gasteiger partial charge in [-0.3, -0.25) is 4.79 Å². The lowest BCUT2D eigenvalue weighted by atomic mass is 10.2. The second-order valence-electron chi connectivity index (χ2n) is 6.63. The number of benzene rings is 1. The van der Waals surface area contributed by atoms with Gasteiger partial charge >= 0.3 is 6.36 Å². The van der Waals surface area contributed by atoms with Crippen LogP contribution in [0.3, 0.4) is 0 Å². The normalized spacial score (nSPS) is 12.1. The van der Waals surface area contributed by atoms with E-state index in [9.17, 15) is 18.0 Å². The highest BCUT2D eigenvalue weighted by atomic mass is 32.2. The molecule has 0 aliphatic rings. The first-order chi connectivity index (χ1) is 15.6. The van der Waals surface area contributed by atoms with E-state index in [0.717, 1.165) is 6.07 Å². The van der Waals surface area contributed by atoms with E-state index in [-0.39, 0.29) is 17.3 Å². The fourth-order valence-electron chi connectivity index (χ4n) is 2.86.